The molecule has 1 aromatic rings. The Bertz CT molecular complexity index is 456. The zero-order chi connectivity index (χ0) is 14.7. The average Bonchev–Trinajstić information content (AvgIpc) is 2.42. The zero-order valence-electron chi connectivity index (χ0n) is 11.8. The molecule has 0 radical (unpaired) electrons. The van der Waals surface area contributed by atoms with Crippen molar-refractivity contribution in [3.05, 3.63) is 35.4 Å². The van der Waals surface area contributed by atoms with Gasteiger partial charge in [-0.15, -0.1) is 0 Å². The second-order valence-corrected chi connectivity index (χ2v) is 5.31. The van der Waals surface area contributed by atoms with E-state index in [1.807, 2.05) is 0 Å². The number of halogens is 2. The van der Waals surface area contributed by atoms with Gasteiger partial charge < -0.3 is 4.74 Å². The fourth-order valence-electron chi connectivity index (χ4n) is 2.52. The predicted octanol–water partition coefficient (Wildman–Crippen LogP) is 1.58. The summed E-state index contributed by atoms with van der Waals surface area (Å²) in [5.41, 5.74) is 2.92. The van der Waals surface area contributed by atoms with Crippen LogP contribution in [0.1, 0.15) is 25.5 Å². The van der Waals surface area contributed by atoms with E-state index in [4.69, 9.17) is 10.6 Å². The van der Waals surface area contributed by atoms with Crippen molar-refractivity contribution in [1.82, 2.24) is 10.3 Å². The maximum absolute atomic E-state index is 13.9. The fraction of sp³-hybridized carbons (Fsp3) is 0.571. The molecule has 1 aliphatic heterocycles. The van der Waals surface area contributed by atoms with Crippen LogP contribution in [0.4, 0.5) is 8.78 Å². The van der Waals surface area contributed by atoms with Crippen LogP contribution in [0.5, 0.6) is 0 Å². The normalized spacial score (nSPS) is 22.2. The van der Waals surface area contributed by atoms with E-state index in [0.717, 1.165) is 12.6 Å². The largest absolute Gasteiger partial charge is 0.374 e. The van der Waals surface area contributed by atoms with Crippen LogP contribution in [0.15, 0.2) is 18.2 Å². The van der Waals surface area contributed by atoms with Gasteiger partial charge in [0.05, 0.1) is 18.8 Å². The number of hydrogen-bond donors (Lipinski definition) is 2. The number of nitrogens with zero attached hydrogens (tertiary/aromatic N) is 1. The highest BCUT2D eigenvalue weighted by Gasteiger charge is 2.31. The number of benzene rings is 1. The summed E-state index contributed by atoms with van der Waals surface area (Å²) in [6, 6.07) is 3.39. The van der Waals surface area contributed by atoms with E-state index in [-0.39, 0.29) is 6.10 Å². The van der Waals surface area contributed by atoms with Gasteiger partial charge in [0, 0.05) is 30.8 Å². The van der Waals surface area contributed by atoms with Gasteiger partial charge in [0.1, 0.15) is 11.6 Å². The van der Waals surface area contributed by atoms with Crippen LogP contribution in [0.2, 0.25) is 0 Å². The highest BCUT2D eigenvalue weighted by Crippen LogP contribution is 2.25. The predicted molar refractivity (Wildman–Crippen MR) is 72.9 cm³/mol. The van der Waals surface area contributed by atoms with Gasteiger partial charge in [0.15, 0.2) is 0 Å². The maximum atomic E-state index is 13.9. The van der Waals surface area contributed by atoms with Gasteiger partial charge in [-0.05, 0) is 19.9 Å². The summed E-state index contributed by atoms with van der Waals surface area (Å²) in [6.45, 7) is 6.28. The lowest BCUT2D eigenvalue weighted by molar-refractivity contribution is -0.0566. The smallest absolute Gasteiger partial charge is 0.131 e. The summed E-state index contributed by atoms with van der Waals surface area (Å²) in [7, 11) is 0. The molecule has 0 aliphatic carbocycles. The van der Waals surface area contributed by atoms with Crippen molar-refractivity contribution < 1.29 is 13.5 Å². The van der Waals surface area contributed by atoms with Gasteiger partial charge >= 0.3 is 0 Å². The lowest BCUT2D eigenvalue weighted by Gasteiger charge is -2.38. The van der Waals surface area contributed by atoms with E-state index >= 15 is 0 Å². The molecule has 2 atom stereocenters. The van der Waals surface area contributed by atoms with Crippen molar-refractivity contribution in [3.8, 4) is 0 Å². The number of rotatable bonds is 4. The summed E-state index contributed by atoms with van der Waals surface area (Å²) in [5.74, 6) is 4.34. The van der Waals surface area contributed by atoms with Crippen LogP contribution in [0.25, 0.3) is 0 Å². The average molecular weight is 285 g/mol. The Balaban J connectivity index is 2.19. The fourth-order valence-corrected chi connectivity index (χ4v) is 2.52. The molecular formula is C14H21F2N3O. The molecule has 2 rings (SSSR count). The SMILES string of the molecule is CC(C)N1CCOC(C(NN)c2ccc(F)cc2F)C1. The van der Waals surface area contributed by atoms with Crippen molar-refractivity contribution in [2.75, 3.05) is 19.7 Å². The summed E-state index contributed by atoms with van der Waals surface area (Å²) in [6.07, 6.45) is -0.267. The van der Waals surface area contributed by atoms with Crippen LogP contribution >= 0.6 is 0 Å². The first-order valence-corrected chi connectivity index (χ1v) is 6.79. The van der Waals surface area contributed by atoms with Crippen molar-refractivity contribution >= 4 is 0 Å². The van der Waals surface area contributed by atoms with Crippen LogP contribution in [0, 0.1) is 11.6 Å². The topological polar surface area (TPSA) is 50.5 Å². The van der Waals surface area contributed by atoms with Crippen molar-refractivity contribution in [2.24, 2.45) is 5.84 Å². The van der Waals surface area contributed by atoms with Gasteiger partial charge in [0.2, 0.25) is 0 Å². The van der Waals surface area contributed by atoms with Gasteiger partial charge in [-0.1, -0.05) is 6.07 Å². The summed E-state index contributed by atoms with van der Waals surface area (Å²) < 4.78 is 32.6. The molecule has 20 heavy (non-hydrogen) atoms. The molecule has 0 amide bonds. The Morgan fingerprint density at radius 2 is 2.15 bits per heavy atom. The minimum absolute atomic E-state index is 0.267. The molecule has 4 nitrogen and oxygen atoms in total. The third-order valence-corrected chi connectivity index (χ3v) is 3.70. The van der Waals surface area contributed by atoms with E-state index in [2.05, 4.69) is 24.2 Å². The first kappa shape index (κ1) is 15.3. The van der Waals surface area contributed by atoms with Gasteiger partial charge in [0.25, 0.3) is 0 Å². The maximum Gasteiger partial charge on any atom is 0.131 e. The van der Waals surface area contributed by atoms with E-state index < -0.39 is 17.7 Å². The molecule has 3 N–H and O–H groups in total. The first-order chi connectivity index (χ1) is 9.52. The lowest BCUT2D eigenvalue weighted by atomic mass is 9.99. The molecule has 0 aromatic heterocycles. The van der Waals surface area contributed by atoms with Crippen LogP contribution < -0.4 is 11.3 Å². The molecular weight excluding hydrogens is 264 g/mol. The number of nitrogens with two attached hydrogens (primary N) is 1. The van der Waals surface area contributed by atoms with Crippen LogP contribution in [0.3, 0.4) is 0 Å². The number of ether oxygens (including phenoxy) is 1. The highest BCUT2D eigenvalue weighted by molar-refractivity contribution is 5.23. The third-order valence-electron chi connectivity index (χ3n) is 3.70. The Kier molecular flexibility index (Phi) is 5.04. The number of hydrogen-bond acceptors (Lipinski definition) is 4. The minimum atomic E-state index is -0.613. The standard InChI is InChI=1S/C14H21F2N3O/c1-9(2)19-5-6-20-13(8-19)14(18-17)11-4-3-10(15)7-12(11)16/h3-4,7,9,13-14,18H,5-6,8,17H2,1-2H3. The molecule has 0 spiro atoms. The Morgan fingerprint density at radius 3 is 2.75 bits per heavy atom. The van der Waals surface area contributed by atoms with E-state index in [1.165, 1.54) is 12.1 Å². The quantitative estimate of drug-likeness (QED) is 0.651. The Labute approximate surface area is 117 Å². The van der Waals surface area contributed by atoms with Gasteiger partial charge in [-0.25, -0.2) is 8.78 Å². The molecule has 6 heteroatoms. The van der Waals surface area contributed by atoms with E-state index in [1.54, 1.807) is 0 Å². The van der Waals surface area contributed by atoms with Crippen molar-refractivity contribution in [1.29, 1.82) is 0 Å². The number of hydrazine groups is 1. The lowest BCUT2D eigenvalue weighted by Crippen LogP contribution is -2.51. The molecule has 1 saturated heterocycles. The number of morpholine rings is 1. The summed E-state index contributed by atoms with van der Waals surface area (Å²) >= 11 is 0. The van der Waals surface area contributed by atoms with E-state index in [9.17, 15) is 8.78 Å². The summed E-state index contributed by atoms with van der Waals surface area (Å²) in [4.78, 5) is 2.25. The molecule has 1 fully saturated rings. The second kappa shape index (κ2) is 6.58. The van der Waals surface area contributed by atoms with Crippen molar-refractivity contribution in [2.45, 2.75) is 32.0 Å². The van der Waals surface area contributed by atoms with Gasteiger partial charge in [-0.2, -0.15) is 0 Å². The monoisotopic (exact) mass is 285 g/mol. The first-order valence-electron chi connectivity index (χ1n) is 6.79. The Morgan fingerprint density at radius 1 is 1.40 bits per heavy atom. The Hall–Kier alpha value is -1.08. The zero-order valence-corrected chi connectivity index (χ0v) is 11.8. The third kappa shape index (κ3) is 3.32. The van der Waals surface area contributed by atoms with Gasteiger partial charge in [-0.3, -0.25) is 16.2 Å². The molecule has 1 aromatic carbocycles. The van der Waals surface area contributed by atoms with E-state index in [0.29, 0.717) is 24.8 Å². The molecule has 1 aliphatic rings. The second-order valence-electron chi connectivity index (χ2n) is 5.31. The minimum Gasteiger partial charge on any atom is -0.374 e. The van der Waals surface area contributed by atoms with Crippen LogP contribution in [-0.4, -0.2) is 36.7 Å². The summed E-state index contributed by atoms with van der Waals surface area (Å²) in [5, 5.41) is 0. The number of nitrogens with one attached hydrogen (secondary N) is 1. The molecule has 0 bridgehead atoms. The molecule has 1 heterocycles. The van der Waals surface area contributed by atoms with Crippen LogP contribution in [-0.2, 0) is 4.74 Å². The highest BCUT2D eigenvalue weighted by atomic mass is 19.1. The molecule has 0 saturated carbocycles. The molecule has 112 valence electrons. The molecule has 2 unspecified atom stereocenters. The van der Waals surface area contributed by atoms with Crippen molar-refractivity contribution in [3.63, 3.8) is 0 Å².